The third-order valence-electron chi connectivity index (χ3n) is 3.05. The molecular formula is C16H15N3O3. The van der Waals surface area contributed by atoms with E-state index in [-0.39, 0.29) is 5.91 Å². The number of hydrogen-bond donors (Lipinski definition) is 2. The van der Waals surface area contributed by atoms with Crippen molar-refractivity contribution in [1.29, 1.82) is 0 Å². The molecule has 0 saturated carbocycles. The Balaban J connectivity index is 1.59. The van der Waals surface area contributed by atoms with E-state index >= 15 is 0 Å². The third kappa shape index (κ3) is 3.54. The number of nitrogens with one attached hydrogen (secondary N) is 2. The molecule has 0 saturated heterocycles. The average Bonchev–Trinajstić information content (AvgIpc) is 3.24. The number of aromatic nitrogens is 1. The standard InChI is InChI=1S/C16H15N3O3/c20-16(19-11-15-4-2-6-22-15)12-7-13(9-17-8-12)18-10-14-3-1-5-21-14/h1-9,18H,10-11H2,(H,19,20). The summed E-state index contributed by atoms with van der Waals surface area (Å²) in [6, 6.07) is 9.03. The predicted octanol–water partition coefficient (Wildman–Crippen LogP) is 2.81. The van der Waals surface area contributed by atoms with Crippen molar-refractivity contribution >= 4 is 11.6 Å². The topological polar surface area (TPSA) is 80.3 Å². The number of carbonyl (C=O) groups excluding carboxylic acids is 1. The fourth-order valence-electron chi connectivity index (χ4n) is 1.95. The van der Waals surface area contributed by atoms with Gasteiger partial charge in [-0.1, -0.05) is 0 Å². The maximum Gasteiger partial charge on any atom is 0.253 e. The molecule has 22 heavy (non-hydrogen) atoms. The molecule has 6 nitrogen and oxygen atoms in total. The lowest BCUT2D eigenvalue weighted by Crippen LogP contribution is -2.22. The Labute approximate surface area is 127 Å². The van der Waals surface area contributed by atoms with Gasteiger partial charge < -0.3 is 19.5 Å². The Morgan fingerprint density at radius 3 is 2.45 bits per heavy atom. The zero-order chi connectivity index (χ0) is 15.2. The summed E-state index contributed by atoms with van der Waals surface area (Å²) in [4.78, 5) is 16.2. The molecule has 0 bridgehead atoms. The first-order valence-corrected chi connectivity index (χ1v) is 6.83. The average molecular weight is 297 g/mol. The second-order valence-electron chi connectivity index (χ2n) is 4.66. The molecule has 3 aromatic heterocycles. The van der Waals surface area contributed by atoms with Crippen LogP contribution in [-0.2, 0) is 13.1 Å². The Hall–Kier alpha value is -3.02. The molecule has 0 spiro atoms. The van der Waals surface area contributed by atoms with Gasteiger partial charge in [-0.05, 0) is 30.3 Å². The Morgan fingerprint density at radius 1 is 1.05 bits per heavy atom. The molecule has 112 valence electrons. The number of hydrogen-bond acceptors (Lipinski definition) is 5. The van der Waals surface area contributed by atoms with E-state index in [1.807, 2.05) is 12.1 Å². The van der Waals surface area contributed by atoms with Crippen molar-refractivity contribution < 1.29 is 13.6 Å². The molecule has 0 aromatic carbocycles. The normalized spacial score (nSPS) is 10.4. The molecule has 0 unspecified atom stereocenters. The van der Waals surface area contributed by atoms with Crippen LogP contribution in [0.15, 0.2) is 64.1 Å². The summed E-state index contributed by atoms with van der Waals surface area (Å²) in [7, 11) is 0. The minimum Gasteiger partial charge on any atom is -0.467 e. The first kappa shape index (κ1) is 13.9. The summed E-state index contributed by atoms with van der Waals surface area (Å²) >= 11 is 0. The molecule has 2 N–H and O–H groups in total. The number of anilines is 1. The predicted molar refractivity (Wildman–Crippen MR) is 80.1 cm³/mol. The number of nitrogens with zero attached hydrogens (tertiary/aromatic N) is 1. The highest BCUT2D eigenvalue weighted by atomic mass is 16.3. The van der Waals surface area contributed by atoms with Gasteiger partial charge in [0.25, 0.3) is 5.91 Å². The van der Waals surface area contributed by atoms with Crippen LogP contribution in [0.2, 0.25) is 0 Å². The number of carbonyl (C=O) groups is 1. The Kier molecular flexibility index (Phi) is 4.20. The van der Waals surface area contributed by atoms with Gasteiger partial charge in [-0.2, -0.15) is 0 Å². The summed E-state index contributed by atoms with van der Waals surface area (Å²) in [5, 5.41) is 5.94. The fraction of sp³-hybridized carbons (Fsp3) is 0.125. The maximum absolute atomic E-state index is 12.1. The van der Waals surface area contributed by atoms with E-state index in [0.29, 0.717) is 24.4 Å². The molecule has 3 rings (SSSR count). The number of furan rings is 2. The van der Waals surface area contributed by atoms with Crippen molar-refractivity contribution in [2.45, 2.75) is 13.1 Å². The van der Waals surface area contributed by atoms with E-state index in [9.17, 15) is 4.79 Å². The van der Waals surface area contributed by atoms with Gasteiger partial charge in [-0.3, -0.25) is 9.78 Å². The highest BCUT2D eigenvalue weighted by molar-refractivity contribution is 5.94. The zero-order valence-electron chi connectivity index (χ0n) is 11.8. The van der Waals surface area contributed by atoms with Crippen LogP contribution in [0.4, 0.5) is 5.69 Å². The van der Waals surface area contributed by atoms with Crippen molar-refractivity contribution in [2.24, 2.45) is 0 Å². The molecule has 0 aliphatic carbocycles. The second-order valence-corrected chi connectivity index (χ2v) is 4.66. The summed E-state index contributed by atoms with van der Waals surface area (Å²) in [5.41, 5.74) is 1.23. The summed E-state index contributed by atoms with van der Waals surface area (Å²) in [6.07, 6.45) is 6.37. The Bertz CT molecular complexity index is 721. The summed E-state index contributed by atoms with van der Waals surface area (Å²) in [6.45, 7) is 0.877. The maximum atomic E-state index is 12.1. The number of pyridine rings is 1. The van der Waals surface area contributed by atoms with Gasteiger partial charge in [-0.15, -0.1) is 0 Å². The van der Waals surface area contributed by atoms with Crippen LogP contribution in [-0.4, -0.2) is 10.9 Å². The van der Waals surface area contributed by atoms with Crippen LogP contribution in [0.25, 0.3) is 0 Å². The molecule has 0 radical (unpaired) electrons. The van der Waals surface area contributed by atoms with E-state index < -0.39 is 0 Å². The van der Waals surface area contributed by atoms with E-state index in [0.717, 1.165) is 11.4 Å². The van der Waals surface area contributed by atoms with Gasteiger partial charge in [0.05, 0.1) is 36.9 Å². The second kappa shape index (κ2) is 6.62. The fourth-order valence-corrected chi connectivity index (χ4v) is 1.95. The lowest BCUT2D eigenvalue weighted by molar-refractivity contribution is 0.0947. The minimum atomic E-state index is -0.203. The minimum absolute atomic E-state index is 0.203. The Morgan fingerprint density at radius 2 is 1.77 bits per heavy atom. The van der Waals surface area contributed by atoms with E-state index in [1.165, 1.54) is 6.20 Å². The van der Waals surface area contributed by atoms with Crippen LogP contribution in [0, 0.1) is 0 Å². The molecular weight excluding hydrogens is 282 g/mol. The number of rotatable bonds is 6. The quantitative estimate of drug-likeness (QED) is 0.731. The monoisotopic (exact) mass is 297 g/mol. The molecule has 0 aliphatic rings. The van der Waals surface area contributed by atoms with E-state index in [2.05, 4.69) is 15.6 Å². The third-order valence-corrected chi connectivity index (χ3v) is 3.05. The summed E-state index contributed by atoms with van der Waals surface area (Å²) in [5.74, 6) is 1.31. The number of amides is 1. The van der Waals surface area contributed by atoms with Crippen molar-refractivity contribution in [1.82, 2.24) is 10.3 Å². The molecule has 0 fully saturated rings. The van der Waals surface area contributed by atoms with Gasteiger partial charge in [-0.25, -0.2) is 0 Å². The first-order valence-electron chi connectivity index (χ1n) is 6.83. The van der Waals surface area contributed by atoms with Gasteiger partial charge in [0.2, 0.25) is 0 Å². The van der Waals surface area contributed by atoms with Crippen molar-refractivity contribution in [3.63, 3.8) is 0 Å². The lowest BCUT2D eigenvalue weighted by atomic mass is 10.2. The SMILES string of the molecule is O=C(NCc1ccco1)c1cncc(NCc2ccco2)c1. The molecule has 3 heterocycles. The van der Waals surface area contributed by atoms with Crippen LogP contribution >= 0.6 is 0 Å². The highest BCUT2D eigenvalue weighted by Crippen LogP contribution is 2.11. The molecule has 0 aliphatic heterocycles. The molecule has 3 aromatic rings. The summed E-state index contributed by atoms with van der Waals surface area (Å²) < 4.78 is 10.4. The largest absolute Gasteiger partial charge is 0.467 e. The van der Waals surface area contributed by atoms with Crippen molar-refractivity contribution in [3.8, 4) is 0 Å². The van der Waals surface area contributed by atoms with E-state index in [1.54, 1.807) is 36.9 Å². The van der Waals surface area contributed by atoms with Crippen molar-refractivity contribution in [2.75, 3.05) is 5.32 Å². The van der Waals surface area contributed by atoms with Gasteiger partial charge in [0.15, 0.2) is 0 Å². The van der Waals surface area contributed by atoms with Gasteiger partial charge in [0, 0.05) is 12.4 Å². The van der Waals surface area contributed by atoms with Crippen molar-refractivity contribution in [3.05, 3.63) is 72.3 Å². The molecule has 1 amide bonds. The van der Waals surface area contributed by atoms with Gasteiger partial charge >= 0.3 is 0 Å². The first-order chi connectivity index (χ1) is 10.8. The van der Waals surface area contributed by atoms with Crippen LogP contribution < -0.4 is 10.6 Å². The lowest BCUT2D eigenvalue weighted by Gasteiger charge is -2.07. The zero-order valence-corrected chi connectivity index (χ0v) is 11.8. The van der Waals surface area contributed by atoms with Crippen LogP contribution in [0.5, 0.6) is 0 Å². The highest BCUT2D eigenvalue weighted by Gasteiger charge is 2.08. The van der Waals surface area contributed by atoms with Crippen LogP contribution in [0.3, 0.4) is 0 Å². The smallest absolute Gasteiger partial charge is 0.253 e. The van der Waals surface area contributed by atoms with E-state index in [4.69, 9.17) is 8.83 Å². The molecule has 6 heteroatoms. The van der Waals surface area contributed by atoms with Gasteiger partial charge in [0.1, 0.15) is 11.5 Å². The van der Waals surface area contributed by atoms with Crippen LogP contribution in [0.1, 0.15) is 21.9 Å². The molecule has 0 atom stereocenters.